The molecule has 0 rings (SSSR count). The van der Waals surface area contributed by atoms with E-state index in [0.717, 1.165) is 38.5 Å². The maximum Gasteiger partial charge on any atom is 1.00 e. The molecule has 0 amide bonds. The standard InChI is InChI=1S/C23H48O4S.Na/c1-3-5-7-9-11-13-14-16-18-20-22-23(24,28(25,26)27)21-19-17-15-12-10-8-6-4-2;/h24H,3-22H2,1-2H3,(H,25,26,27);/q;+1/p-1. The van der Waals surface area contributed by atoms with Gasteiger partial charge in [0, 0.05) is 0 Å². The van der Waals surface area contributed by atoms with Crippen LogP contribution < -0.4 is 29.6 Å². The van der Waals surface area contributed by atoms with E-state index in [9.17, 15) is 18.1 Å². The Bertz CT molecular complexity index is 442. The van der Waals surface area contributed by atoms with Gasteiger partial charge >= 0.3 is 29.6 Å². The number of hydrogen-bond acceptors (Lipinski definition) is 4. The van der Waals surface area contributed by atoms with Crippen molar-refractivity contribution in [3.8, 4) is 0 Å². The minimum Gasteiger partial charge on any atom is -0.746 e. The van der Waals surface area contributed by atoms with Crippen LogP contribution in [-0.4, -0.2) is 23.0 Å². The monoisotopic (exact) mass is 442 g/mol. The summed E-state index contributed by atoms with van der Waals surface area (Å²) in [4.78, 5) is -2.06. The van der Waals surface area contributed by atoms with Crippen molar-refractivity contribution >= 4 is 10.1 Å². The van der Waals surface area contributed by atoms with Crippen LogP contribution >= 0.6 is 0 Å². The topological polar surface area (TPSA) is 77.4 Å². The molecule has 0 bridgehead atoms. The van der Waals surface area contributed by atoms with E-state index in [2.05, 4.69) is 13.8 Å². The van der Waals surface area contributed by atoms with Crippen LogP contribution in [0, 0.1) is 0 Å². The molecule has 0 aliphatic rings. The van der Waals surface area contributed by atoms with Crippen molar-refractivity contribution in [2.75, 3.05) is 0 Å². The molecule has 1 unspecified atom stereocenters. The first kappa shape index (κ1) is 32.1. The smallest absolute Gasteiger partial charge is 0.746 e. The summed E-state index contributed by atoms with van der Waals surface area (Å²) < 4.78 is 34.7. The maximum atomic E-state index is 11.6. The zero-order valence-electron chi connectivity index (χ0n) is 19.7. The Labute approximate surface area is 204 Å². The Balaban J connectivity index is 0. The molecule has 0 aromatic rings. The molecule has 0 aromatic carbocycles. The van der Waals surface area contributed by atoms with Crippen LogP contribution in [-0.2, 0) is 10.1 Å². The maximum absolute atomic E-state index is 11.6. The molecule has 0 saturated heterocycles. The first-order valence-electron chi connectivity index (χ1n) is 12.0. The molecule has 1 N–H and O–H groups in total. The second-order valence-corrected chi connectivity index (χ2v) is 10.2. The Kier molecular flexibility index (Phi) is 22.9. The van der Waals surface area contributed by atoms with E-state index >= 15 is 0 Å². The van der Waals surface area contributed by atoms with Gasteiger partial charge in [-0.3, -0.25) is 0 Å². The van der Waals surface area contributed by atoms with Crippen molar-refractivity contribution in [2.45, 2.75) is 147 Å². The fourth-order valence-corrected chi connectivity index (χ4v) is 4.59. The summed E-state index contributed by atoms with van der Waals surface area (Å²) in [5.74, 6) is 0. The van der Waals surface area contributed by atoms with Gasteiger partial charge in [-0.25, -0.2) is 8.42 Å². The molecule has 0 heterocycles. The van der Waals surface area contributed by atoms with Gasteiger partial charge in [0.05, 0.1) is 0 Å². The first-order chi connectivity index (χ1) is 13.4. The minimum atomic E-state index is -4.67. The summed E-state index contributed by atoms with van der Waals surface area (Å²) in [6.07, 6.45) is 20.3. The van der Waals surface area contributed by atoms with Crippen LogP contribution in [0.5, 0.6) is 0 Å². The van der Waals surface area contributed by atoms with E-state index in [1.54, 1.807) is 0 Å². The second-order valence-electron chi connectivity index (χ2n) is 8.56. The molecule has 170 valence electrons. The molecule has 4 nitrogen and oxygen atoms in total. The molecule has 0 radical (unpaired) electrons. The van der Waals surface area contributed by atoms with Gasteiger partial charge in [0.2, 0.25) is 0 Å². The van der Waals surface area contributed by atoms with Crippen LogP contribution in [0.25, 0.3) is 0 Å². The molecule has 0 aliphatic heterocycles. The van der Waals surface area contributed by atoms with Gasteiger partial charge in [0.1, 0.15) is 10.1 Å². The molecule has 0 spiro atoms. The van der Waals surface area contributed by atoms with Crippen LogP contribution in [0.1, 0.15) is 142 Å². The van der Waals surface area contributed by atoms with Gasteiger partial charge < -0.3 is 9.66 Å². The molecular weight excluding hydrogens is 395 g/mol. The zero-order valence-corrected chi connectivity index (χ0v) is 22.5. The fourth-order valence-electron chi connectivity index (χ4n) is 3.80. The van der Waals surface area contributed by atoms with Gasteiger partial charge in [-0.1, -0.05) is 117 Å². The third kappa shape index (κ3) is 18.2. The van der Waals surface area contributed by atoms with Gasteiger partial charge in [0.15, 0.2) is 4.93 Å². The third-order valence-corrected chi connectivity index (χ3v) is 7.15. The average Bonchev–Trinajstić information content (AvgIpc) is 2.64. The summed E-state index contributed by atoms with van der Waals surface area (Å²) >= 11 is 0. The first-order valence-corrected chi connectivity index (χ1v) is 13.5. The number of aliphatic hydroxyl groups is 1. The van der Waals surface area contributed by atoms with E-state index in [4.69, 9.17) is 0 Å². The van der Waals surface area contributed by atoms with Gasteiger partial charge in [-0.15, -0.1) is 0 Å². The van der Waals surface area contributed by atoms with Crippen molar-refractivity contribution in [1.82, 2.24) is 0 Å². The van der Waals surface area contributed by atoms with Gasteiger partial charge in [0.25, 0.3) is 0 Å². The van der Waals surface area contributed by atoms with Crippen LogP contribution in [0.2, 0.25) is 0 Å². The number of hydrogen-bond donors (Lipinski definition) is 1. The number of unbranched alkanes of at least 4 members (excludes halogenated alkanes) is 16. The van der Waals surface area contributed by atoms with E-state index < -0.39 is 15.1 Å². The normalized spacial score (nSPS) is 13.8. The molecular formula is C23H47NaO4S. The summed E-state index contributed by atoms with van der Waals surface area (Å²) in [5.41, 5.74) is 0. The summed E-state index contributed by atoms with van der Waals surface area (Å²) in [6, 6.07) is 0. The Morgan fingerprint density at radius 2 is 0.828 bits per heavy atom. The largest absolute Gasteiger partial charge is 1.00 e. The third-order valence-electron chi connectivity index (χ3n) is 5.81. The van der Waals surface area contributed by atoms with E-state index in [1.807, 2.05) is 0 Å². The van der Waals surface area contributed by atoms with E-state index in [0.29, 0.717) is 12.8 Å². The summed E-state index contributed by atoms with van der Waals surface area (Å²) in [6.45, 7) is 4.41. The minimum absolute atomic E-state index is 0. The van der Waals surface area contributed by atoms with Crippen LogP contribution in [0.4, 0.5) is 0 Å². The predicted molar refractivity (Wildman–Crippen MR) is 118 cm³/mol. The molecule has 6 heteroatoms. The molecule has 0 aliphatic carbocycles. The van der Waals surface area contributed by atoms with Crippen molar-refractivity contribution in [3.63, 3.8) is 0 Å². The van der Waals surface area contributed by atoms with Crippen molar-refractivity contribution in [1.29, 1.82) is 0 Å². The van der Waals surface area contributed by atoms with Gasteiger partial charge in [-0.05, 0) is 25.7 Å². The van der Waals surface area contributed by atoms with Crippen LogP contribution in [0.15, 0.2) is 0 Å². The van der Waals surface area contributed by atoms with Crippen LogP contribution in [0.3, 0.4) is 0 Å². The van der Waals surface area contributed by atoms with Gasteiger partial charge in [-0.2, -0.15) is 0 Å². The zero-order chi connectivity index (χ0) is 21.1. The Morgan fingerprint density at radius 3 is 1.07 bits per heavy atom. The predicted octanol–water partition coefficient (Wildman–Crippen LogP) is 4.07. The van der Waals surface area contributed by atoms with Crippen molar-refractivity contribution in [2.24, 2.45) is 0 Å². The average molecular weight is 443 g/mol. The Morgan fingerprint density at radius 1 is 0.586 bits per heavy atom. The fraction of sp³-hybridized carbons (Fsp3) is 1.00. The summed E-state index contributed by atoms with van der Waals surface area (Å²) in [7, 11) is -4.67. The molecule has 0 aromatic heterocycles. The molecule has 29 heavy (non-hydrogen) atoms. The second kappa shape index (κ2) is 20.8. The molecule has 0 fully saturated rings. The van der Waals surface area contributed by atoms with E-state index in [-0.39, 0.29) is 42.4 Å². The Hall–Kier alpha value is 0.870. The van der Waals surface area contributed by atoms with Crippen molar-refractivity contribution < 1.29 is 47.6 Å². The SMILES string of the molecule is CCCCCCCCCCCCC(O)(CCCCCCCCCC)S(=O)(=O)[O-].[Na+]. The van der Waals surface area contributed by atoms with Crippen molar-refractivity contribution in [3.05, 3.63) is 0 Å². The summed E-state index contributed by atoms with van der Waals surface area (Å²) in [5, 5.41) is 10.4. The molecule has 0 saturated carbocycles. The number of rotatable bonds is 21. The molecule has 1 atom stereocenters. The van der Waals surface area contributed by atoms with E-state index in [1.165, 1.54) is 64.2 Å². The quantitative estimate of drug-likeness (QED) is 0.165.